The van der Waals surface area contributed by atoms with Crippen LogP contribution >= 0.6 is 7.41 Å². The third kappa shape index (κ3) is 3.16. The molecular weight excluding hydrogens is 345 g/mol. The number of benzene rings is 4. The van der Waals surface area contributed by atoms with Crippen molar-refractivity contribution in [1.82, 2.24) is 0 Å². The lowest BCUT2D eigenvalue weighted by Gasteiger charge is -2.35. The van der Waals surface area contributed by atoms with E-state index in [0.717, 1.165) is 0 Å². The molecule has 4 rings (SSSR count). The first-order valence-corrected chi connectivity index (χ1v) is 10.9. The molecule has 1 nitrogen and oxygen atoms in total. The Balaban J connectivity index is 2.07. The van der Waals surface area contributed by atoms with Gasteiger partial charge in [-0.2, -0.15) is 0 Å². The predicted molar refractivity (Wildman–Crippen MR) is 120 cm³/mol. The van der Waals surface area contributed by atoms with Crippen molar-refractivity contribution in [1.29, 1.82) is 0 Å². The predicted octanol–water partition coefficient (Wildman–Crippen LogP) is 5.03. The Morgan fingerprint density at radius 3 is 1.07 bits per heavy atom. The minimum atomic E-state index is -2.03. The van der Waals surface area contributed by atoms with Crippen molar-refractivity contribution < 1.29 is 0 Å². The van der Waals surface area contributed by atoms with Crippen LogP contribution in [0.1, 0.15) is 0 Å². The molecule has 0 N–H and O–H groups in total. The lowest BCUT2D eigenvalue weighted by atomic mass is 10.3. The van der Waals surface area contributed by atoms with Gasteiger partial charge in [0, 0.05) is 7.05 Å². The quantitative estimate of drug-likeness (QED) is 0.447. The van der Waals surface area contributed by atoms with E-state index in [1.807, 2.05) is 0 Å². The van der Waals surface area contributed by atoms with E-state index >= 15 is 0 Å². The van der Waals surface area contributed by atoms with Gasteiger partial charge in [0.15, 0.2) is 0 Å². The second kappa shape index (κ2) is 7.78. The summed E-state index contributed by atoms with van der Waals surface area (Å²) >= 11 is 0. The Bertz CT molecular complexity index is 873. The molecule has 0 fully saturated rings. The zero-order valence-electron chi connectivity index (χ0n) is 15.4. The Morgan fingerprint density at radius 2 is 0.741 bits per heavy atom. The van der Waals surface area contributed by atoms with Crippen LogP contribution in [0.25, 0.3) is 0 Å². The molecule has 0 unspecified atom stereocenters. The van der Waals surface area contributed by atoms with Crippen molar-refractivity contribution in [2.24, 2.45) is 0 Å². The third-order valence-corrected chi connectivity index (χ3v) is 9.24. The van der Waals surface area contributed by atoms with E-state index in [1.54, 1.807) is 0 Å². The fourth-order valence-electron chi connectivity index (χ4n) is 3.71. The SMILES string of the molecule is CN(c1ccccc1)[P+](c1ccccc1)(c1ccccc1)c1ccccc1. The van der Waals surface area contributed by atoms with Crippen LogP contribution in [-0.2, 0) is 0 Å². The molecule has 132 valence electrons. The largest absolute Gasteiger partial charge is 0.237 e. The van der Waals surface area contributed by atoms with Gasteiger partial charge >= 0.3 is 0 Å². The van der Waals surface area contributed by atoms with Crippen LogP contribution in [0.5, 0.6) is 0 Å². The molecule has 0 atom stereocenters. The average molecular weight is 368 g/mol. The van der Waals surface area contributed by atoms with Gasteiger partial charge < -0.3 is 0 Å². The summed E-state index contributed by atoms with van der Waals surface area (Å²) < 4.78 is 2.49. The van der Waals surface area contributed by atoms with Crippen LogP contribution in [0.3, 0.4) is 0 Å². The fraction of sp³-hybridized carbons (Fsp3) is 0.0400. The van der Waals surface area contributed by atoms with Gasteiger partial charge in [0.1, 0.15) is 15.9 Å². The van der Waals surface area contributed by atoms with Gasteiger partial charge in [0.2, 0.25) is 7.41 Å². The molecule has 2 heteroatoms. The molecule has 0 saturated carbocycles. The number of hydrogen-bond acceptors (Lipinski definition) is 1. The monoisotopic (exact) mass is 368 g/mol. The molecule has 0 aliphatic carbocycles. The number of para-hydroxylation sites is 1. The van der Waals surface area contributed by atoms with Crippen molar-refractivity contribution >= 4 is 29.0 Å². The number of anilines is 1. The topological polar surface area (TPSA) is 3.24 Å². The number of rotatable bonds is 5. The van der Waals surface area contributed by atoms with E-state index in [4.69, 9.17) is 0 Å². The fourth-order valence-corrected chi connectivity index (χ4v) is 7.94. The minimum Gasteiger partial charge on any atom is -0.237 e. The molecule has 27 heavy (non-hydrogen) atoms. The number of nitrogens with zero attached hydrogens (tertiary/aromatic N) is 1. The summed E-state index contributed by atoms with van der Waals surface area (Å²) in [6, 6.07) is 43.5. The smallest absolute Gasteiger partial charge is 0.202 e. The van der Waals surface area contributed by atoms with Gasteiger partial charge in [0.25, 0.3) is 0 Å². The van der Waals surface area contributed by atoms with E-state index in [-0.39, 0.29) is 0 Å². The van der Waals surface area contributed by atoms with Crippen molar-refractivity contribution in [2.75, 3.05) is 11.7 Å². The van der Waals surface area contributed by atoms with Crippen LogP contribution in [-0.4, -0.2) is 7.05 Å². The van der Waals surface area contributed by atoms with Gasteiger partial charge in [-0.15, -0.1) is 0 Å². The second-order valence-electron chi connectivity index (χ2n) is 6.50. The van der Waals surface area contributed by atoms with Crippen LogP contribution in [0.15, 0.2) is 121 Å². The minimum absolute atomic E-state index is 1.22. The van der Waals surface area contributed by atoms with Crippen molar-refractivity contribution in [2.45, 2.75) is 0 Å². The van der Waals surface area contributed by atoms with Gasteiger partial charge in [-0.25, -0.2) is 4.67 Å². The molecule has 0 radical (unpaired) electrons. The van der Waals surface area contributed by atoms with Crippen LogP contribution in [0.2, 0.25) is 0 Å². The molecule has 0 amide bonds. The van der Waals surface area contributed by atoms with E-state index in [9.17, 15) is 0 Å². The summed E-state index contributed by atoms with van der Waals surface area (Å²) in [6.45, 7) is 0. The molecule has 0 spiro atoms. The molecule has 0 aromatic heterocycles. The summed E-state index contributed by atoms with van der Waals surface area (Å²) in [5, 5.41) is 4.07. The first kappa shape index (κ1) is 17.5. The summed E-state index contributed by atoms with van der Waals surface area (Å²) in [7, 11) is 0.199. The summed E-state index contributed by atoms with van der Waals surface area (Å²) in [5.74, 6) is 0. The van der Waals surface area contributed by atoms with Crippen molar-refractivity contribution in [3.05, 3.63) is 121 Å². The maximum atomic E-state index is 2.49. The van der Waals surface area contributed by atoms with Crippen molar-refractivity contribution in [3.8, 4) is 0 Å². The first-order valence-electron chi connectivity index (χ1n) is 9.18. The maximum Gasteiger partial charge on any atom is 0.202 e. The first-order chi connectivity index (χ1) is 13.3. The van der Waals surface area contributed by atoms with Crippen LogP contribution in [0.4, 0.5) is 5.69 Å². The second-order valence-corrected chi connectivity index (χ2v) is 9.92. The van der Waals surface area contributed by atoms with Crippen LogP contribution < -0.4 is 20.6 Å². The molecule has 0 aliphatic rings. The molecule has 0 heterocycles. The molecular formula is C25H23NP+. The lowest BCUT2D eigenvalue weighted by Crippen LogP contribution is -2.41. The normalized spacial score (nSPS) is 11.1. The van der Waals surface area contributed by atoms with Crippen LogP contribution in [0, 0.1) is 0 Å². The van der Waals surface area contributed by atoms with Gasteiger partial charge in [0.05, 0.1) is 5.69 Å². The van der Waals surface area contributed by atoms with Gasteiger partial charge in [-0.1, -0.05) is 72.8 Å². The molecule has 4 aromatic carbocycles. The summed E-state index contributed by atoms with van der Waals surface area (Å²) in [4.78, 5) is 0. The molecule has 0 saturated heterocycles. The summed E-state index contributed by atoms with van der Waals surface area (Å²) in [5.41, 5.74) is 1.22. The zero-order chi connectivity index (χ0) is 18.5. The Kier molecular flexibility index (Phi) is 5.05. The highest BCUT2D eigenvalue weighted by Crippen LogP contribution is 2.59. The lowest BCUT2D eigenvalue weighted by molar-refractivity contribution is 1.33. The van der Waals surface area contributed by atoms with Gasteiger partial charge in [-0.3, -0.25) is 0 Å². The number of hydrogen-bond donors (Lipinski definition) is 0. The standard InChI is InChI=1S/C25H23NP/c1-26(22-14-6-2-7-15-22)27(23-16-8-3-9-17-23,24-18-10-4-11-19-24)25-20-12-5-13-21-25/h2-21H,1H3/q+1. The van der Waals surface area contributed by atoms with E-state index < -0.39 is 7.41 Å². The maximum absolute atomic E-state index is 2.49. The molecule has 4 aromatic rings. The Labute approximate surface area is 162 Å². The average Bonchev–Trinajstić information content (AvgIpc) is 2.77. The Hall–Kier alpha value is -2.89. The van der Waals surface area contributed by atoms with E-state index in [1.165, 1.54) is 21.6 Å². The highest BCUT2D eigenvalue weighted by molar-refractivity contribution is 7.96. The van der Waals surface area contributed by atoms with E-state index in [2.05, 4.69) is 133 Å². The molecule has 0 aliphatic heterocycles. The highest BCUT2D eigenvalue weighted by Gasteiger charge is 2.50. The van der Waals surface area contributed by atoms with E-state index in [0.29, 0.717) is 0 Å². The third-order valence-electron chi connectivity index (χ3n) is 4.97. The van der Waals surface area contributed by atoms with Crippen molar-refractivity contribution in [3.63, 3.8) is 0 Å². The zero-order valence-corrected chi connectivity index (χ0v) is 16.3. The Morgan fingerprint density at radius 1 is 0.444 bits per heavy atom. The summed E-state index contributed by atoms with van der Waals surface area (Å²) in [6.07, 6.45) is 0. The van der Waals surface area contributed by atoms with Gasteiger partial charge in [-0.05, 0) is 48.5 Å². The highest BCUT2D eigenvalue weighted by atomic mass is 31.2. The molecule has 0 bridgehead atoms.